The number of carbonyl (C=O) groups is 4. The number of likely N-dealkylation sites (tertiary alicyclic amines) is 1. The SMILES string of the molecule is CC1=CC(=O)C2=C(C1=O)C(c1ccccc1OCCO)C1=CCC3C(=O)N(C(C)(C)C)C(=O)C3C1C2. The molecule has 4 unspecified atom stereocenters. The van der Waals surface area contributed by atoms with Crippen molar-refractivity contribution in [2.45, 2.75) is 52.0 Å². The van der Waals surface area contributed by atoms with Crippen LogP contribution in [0.2, 0.25) is 0 Å². The van der Waals surface area contributed by atoms with Crippen molar-refractivity contribution in [2.75, 3.05) is 13.2 Å². The first-order valence-electron chi connectivity index (χ1n) is 12.5. The van der Waals surface area contributed by atoms with Gasteiger partial charge in [0.25, 0.3) is 0 Å². The Morgan fingerprint density at radius 2 is 1.78 bits per heavy atom. The summed E-state index contributed by atoms with van der Waals surface area (Å²) >= 11 is 0. The maximum atomic E-state index is 13.7. The Kier molecular flexibility index (Phi) is 5.86. The molecule has 0 radical (unpaired) electrons. The summed E-state index contributed by atoms with van der Waals surface area (Å²) in [6.07, 6.45) is 4.05. The van der Waals surface area contributed by atoms with E-state index in [9.17, 15) is 24.3 Å². The van der Waals surface area contributed by atoms with Gasteiger partial charge >= 0.3 is 0 Å². The van der Waals surface area contributed by atoms with E-state index in [1.165, 1.54) is 11.0 Å². The third-order valence-corrected chi connectivity index (χ3v) is 7.81. The summed E-state index contributed by atoms with van der Waals surface area (Å²) in [4.78, 5) is 55.1. The van der Waals surface area contributed by atoms with Crippen molar-refractivity contribution >= 4 is 23.4 Å². The predicted molar refractivity (Wildman–Crippen MR) is 132 cm³/mol. The van der Waals surface area contributed by atoms with Gasteiger partial charge in [-0.1, -0.05) is 29.8 Å². The second-order valence-electron chi connectivity index (χ2n) is 11.0. The van der Waals surface area contributed by atoms with Crippen LogP contribution in [0.1, 0.15) is 52.0 Å². The first-order valence-corrected chi connectivity index (χ1v) is 12.5. The lowest BCUT2D eigenvalue weighted by Gasteiger charge is -2.42. The summed E-state index contributed by atoms with van der Waals surface area (Å²) in [5, 5.41) is 9.34. The van der Waals surface area contributed by atoms with Crippen LogP contribution in [0.3, 0.4) is 0 Å². The first kappa shape index (κ1) is 24.4. The number of para-hydroxylation sites is 1. The second kappa shape index (κ2) is 8.66. The quantitative estimate of drug-likeness (QED) is 0.396. The van der Waals surface area contributed by atoms with E-state index in [0.717, 1.165) is 5.57 Å². The average Bonchev–Trinajstić information content (AvgIpc) is 3.10. The zero-order chi connectivity index (χ0) is 25.9. The number of amides is 2. The minimum Gasteiger partial charge on any atom is -0.491 e. The topological polar surface area (TPSA) is 101 Å². The van der Waals surface area contributed by atoms with Crippen LogP contribution in [0.4, 0.5) is 0 Å². The average molecular weight is 490 g/mol. The third kappa shape index (κ3) is 3.60. The number of aliphatic hydroxyl groups excluding tert-OH is 1. The molecule has 4 atom stereocenters. The van der Waals surface area contributed by atoms with Gasteiger partial charge in [0, 0.05) is 33.7 Å². The maximum Gasteiger partial charge on any atom is 0.234 e. The van der Waals surface area contributed by atoms with E-state index < -0.39 is 23.3 Å². The van der Waals surface area contributed by atoms with Gasteiger partial charge in [0.15, 0.2) is 11.6 Å². The molecule has 1 aromatic rings. The van der Waals surface area contributed by atoms with Crippen molar-refractivity contribution in [1.82, 2.24) is 4.90 Å². The minimum absolute atomic E-state index is 0.0855. The Balaban J connectivity index is 1.69. The summed E-state index contributed by atoms with van der Waals surface area (Å²) in [5.74, 6) is -2.24. The lowest BCUT2D eigenvalue weighted by molar-refractivity contribution is -0.145. The normalized spacial score (nSPS) is 28.0. The van der Waals surface area contributed by atoms with Gasteiger partial charge in [0.1, 0.15) is 12.4 Å². The Bertz CT molecular complexity index is 1280. The van der Waals surface area contributed by atoms with E-state index >= 15 is 0 Å². The van der Waals surface area contributed by atoms with Crippen molar-refractivity contribution < 1.29 is 29.0 Å². The standard InChI is InChI=1S/C29H31NO6/c1-15-13-21(32)20-14-19-16(9-10-18-24(19)28(35)30(27(18)34)29(2,3)4)23(25(20)26(15)33)17-7-5-6-8-22(17)36-12-11-31/h5-9,13,18-19,23-24,31H,10-12,14H2,1-4H3. The van der Waals surface area contributed by atoms with Crippen LogP contribution in [-0.4, -0.2) is 52.1 Å². The van der Waals surface area contributed by atoms with Crippen LogP contribution in [-0.2, 0) is 19.2 Å². The molecule has 1 saturated heterocycles. The molecule has 0 aromatic heterocycles. The number of Topliss-reactive ketones (excluding diaryl/α,β-unsaturated/α-hetero) is 1. The Labute approximate surface area is 210 Å². The van der Waals surface area contributed by atoms with E-state index in [2.05, 4.69) is 0 Å². The maximum absolute atomic E-state index is 13.7. The van der Waals surface area contributed by atoms with Gasteiger partial charge < -0.3 is 9.84 Å². The number of benzene rings is 1. The molecule has 0 spiro atoms. The van der Waals surface area contributed by atoms with E-state index in [1.807, 2.05) is 45.0 Å². The molecule has 3 aliphatic carbocycles. The molecule has 7 heteroatoms. The molecule has 0 saturated carbocycles. The summed E-state index contributed by atoms with van der Waals surface area (Å²) in [7, 11) is 0. The third-order valence-electron chi connectivity index (χ3n) is 7.81. The Morgan fingerprint density at radius 3 is 2.47 bits per heavy atom. The fraction of sp³-hybridized carbons (Fsp3) is 0.448. The number of nitrogens with zero attached hydrogens (tertiary/aromatic N) is 1. The summed E-state index contributed by atoms with van der Waals surface area (Å²) in [5.41, 5.74) is 2.20. The van der Waals surface area contributed by atoms with Crippen LogP contribution in [0.25, 0.3) is 0 Å². The summed E-state index contributed by atoms with van der Waals surface area (Å²) in [6.45, 7) is 7.12. The highest BCUT2D eigenvalue weighted by molar-refractivity contribution is 6.24. The first-order chi connectivity index (χ1) is 17.1. The lowest BCUT2D eigenvalue weighted by Crippen LogP contribution is -2.46. The van der Waals surface area contributed by atoms with Crippen molar-refractivity contribution in [2.24, 2.45) is 17.8 Å². The predicted octanol–water partition coefficient (Wildman–Crippen LogP) is 3.29. The van der Waals surface area contributed by atoms with Gasteiger partial charge in [-0.2, -0.15) is 0 Å². The zero-order valence-corrected chi connectivity index (χ0v) is 21.0. The fourth-order valence-electron chi connectivity index (χ4n) is 6.38. The summed E-state index contributed by atoms with van der Waals surface area (Å²) in [6, 6.07) is 7.31. The van der Waals surface area contributed by atoms with Crippen LogP contribution >= 0.6 is 0 Å². The van der Waals surface area contributed by atoms with Crippen LogP contribution < -0.4 is 4.74 Å². The molecule has 188 valence electrons. The van der Waals surface area contributed by atoms with Gasteiger partial charge in [0.05, 0.1) is 18.4 Å². The van der Waals surface area contributed by atoms with Crippen LogP contribution in [0, 0.1) is 17.8 Å². The highest BCUT2D eigenvalue weighted by atomic mass is 16.5. The number of imide groups is 1. The van der Waals surface area contributed by atoms with Crippen LogP contribution in [0.15, 0.2) is 58.7 Å². The van der Waals surface area contributed by atoms with Gasteiger partial charge in [-0.15, -0.1) is 0 Å². The smallest absolute Gasteiger partial charge is 0.234 e. The lowest BCUT2D eigenvalue weighted by atomic mass is 9.59. The second-order valence-corrected chi connectivity index (χ2v) is 11.0. The van der Waals surface area contributed by atoms with E-state index in [-0.39, 0.29) is 48.9 Å². The molecular weight excluding hydrogens is 458 g/mol. The number of fused-ring (bicyclic) bond motifs is 3. The molecule has 1 aromatic carbocycles. The number of hydrogen-bond donors (Lipinski definition) is 1. The van der Waals surface area contributed by atoms with Crippen LogP contribution in [0.5, 0.6) is 5.75 Å². The van der Waals surface area contributed by atoms with Crippen molar-refractivity contribution in [3.8, 4) is 5.75 Å². The molecule has 1 heterocycles. The number of hydrogen-bond acceptors (Lipinski definition) is 6. The van der Waals surface area contributed by atoms with Gasteiger partial charge in [-0.05, 0) is 58.6 Å². The van der Waals surface area contributed by atoms with Crippen molar-refractivity contribution in [1.29, 1.82) is 0 Å². The number of rotatable bonds is 4. The molecule has 5 rings (SSSR count). The minimum atomic E-state index is -0.647. The largest absolute Gasteiger partial charge is 0.491 e. The molecule has 1 fully saturated rings. The van der Waals surface area contributed by atoms with Crippen molar-refractivity contribution in [3.63, 3.8) is 0 Å². The molecule has 1 N–H and O–H groups in total. The number of ketones is 2. The summed E-state index contributed by atoms with van der Waals surface area (Å²) < 4.78 is 5.83. The van der Waals surface area contributed by atoms with Gasteiger partial charge in [0.2, 0.25) is 11.8 Å². The van der Waals surface area contributed by atoms with Gasteiger partial charge in [-0.3, -0.25) is 24.1 Å². The number of aliphatic hydroxyl groups is 1. The molecule has 2 amide bonds. The molecular formula is C29H31NO6. The van der Waals surface area contributed by atoms with Crippen molar-refractivity contribution in [3.05, 3.63) is 64.3 Å². The number of allylic oxidation sites excluding steroid dienone is 6. The Hall–Kier alpha value is -3.32. The zero-order valence-electron chi connectivity index (χ0n) is 21.0. The number of carbonyl (C=O) groups excluding carboxylic acids is 4. The highest BCUT2D eigenvalue weighted by Gasteiger charge is 2.58. The van der Waals surface area contributed by atoms with E-state index in [0.29, 0.717) is 34.5 Å². The monoisotopic (exact) mass is 489 g/mol. The molecule has 7 nitrogen and oxygen atoms in total. The molecule has 0 bridgehead atoms. The van der Waals surface area contributed by atoms with E-state index in [1.54, 1.807) is 13.0 Å². The Morgan fingerprint density at radius 1 is 1.06 bits per heavy atom. The van der Waals surface area contributed by atoms with Gasteiger partial charge in [-0.25, -0.2) is 0 Å². The molecule has 4 aliphatic rings. The molecule has 1 aliphatic heterocycles. The number of ether oxygens (including phenoxy) is 1. The molecule has 36 heavy (non-hydrogen) atoms. The van der Waals surface area contributed by atoms with E-state index in [4.69, 9.17) is 4.74 Å². The highest BCUT2D eigenvalue weighted by Crippen LogP contribution is 2.56. The fourth-order valence-corrected chi connectivity index (χ4v) is 6.38.